The maximum Gasteiger partial charge on any atom is 0.257 e. The maximum atomic E-state index is 12.2. The second-order valence-electron chi connectivity index (χ2n) is 12.3. The van der Waals surface area contributed by atoms with Gasteiger partial charge in [0.2, 0.25) is 5.91 Å². The van der Waals surface area contributed by atoms with Gasteiger partial charge in [-0.2, -0.15) is 0 Å². The Balaban J connectivity index is 3.50. The van der Waals surface area contributed by atoms with E-state index in [9.17, 15) is 9.59 Å². The van der Waals surface area contributed by atoms with E-state index in [1.165, 1.54) is 116 Å². The summed E-state index contributed by atoms with van der Waals surface area (Å²) in [6.45, 7) is 5.12. The minimum Gasteiger partial charge on any atom is -0.353 e. The number of nitrogens with two attached hydrogens (primary N) is 1. The van der Waals surface area contributed by atoms with Gasteiger partial charge >= 0.3 is 0 Å². The summed E-state index contributed by atoms with van der Waals surface area (Å²) in [5.41, 5.74) is 5.89. The van der Waals surface area contributed by atoms with Gasteiger partial charge in [-0.05, 0) is 70.6 Å². The molecule has 0 bridgehead atoms. The number of unbranched alkanes of at least 4 members (excludes halogenated alkanes) is 20. The monoisotopic (exact) mass is 602 g/mol. The molecule has 0 aromatic rings. The number of allylic oxidation sites excluding steroid dienone is 6. The summed E-state index contributed by atoms with van der Waals surface area (Å²) in [6.07, 6.45) is 43.8. The van der Waals surface area contributed by atoms with E-state index in [1.807, 2.05) is 0 Å². The van der Waals surface area contributed by atoms with Crippen LogP contribution in [0.1, 0.15) is 181 Å². The van der Waals surface area contributed by atoms with Crippen LogP contribution in [0.15, 0.2) is 36.5 Å². The highest BCUT2D eigenvalue weighted by atomic mass is 16.2. The van der Waals surface area contributed by atoms with Crippen LogP contribution in [-0.2, 0) is 9.59 Å². The average molecular weight is 602 g/mol. The minimum atomic E-state index is -0.958. The van der Waals surface area contributed by atoms with E-state index in [1.54, 1.807) is 0 Å². The van der Waals surface area contributed by atoms with Gasteiger partial charge in [-0.1, -0.05) is 140 Å². The minimum absolute atomic E-state index is 0.131. The first-order valence-electron chi connectivity index (χ1n) is 18.4. The van der Waals surface area contributed by atoms with E-state index < -0.39 is 6.17 Å². The van der Waals surface area contributed by atoms with E-state index in [0.717, 1.165) is 44.9 Å². The lowest BCUT2D eigenvalue weighted by Gasteiger charge is -2.14. The Morgan fingerprint density at radius 3 is 1.47 bits per heavy atom. The van der Waals surface area contributed by atoms with Crippen molar-refractivity contribution < 1.29 is 9.59 Å². The molecule has 5 heteroatoms. The first kappa shape index (κ1) is 41.1. The average Bonchev–Trinajstić information content (AvgIpc) is 3.00. The molecule has 0 aliphatic heterocycles. The summed E-state index contributed by atoms with van der Waals surface area (Å²) in [7, 11) is 0. The van der Waals surface area contributed by atoms with Crippen molar-refractivity contribution in [3.63, 3.8) is 0 Å². The molecule has 0 spiro atoms. The lowest BCUT2D eigenvalue weighted by Crippen LogP contribution is -2.52. The Morgan fingerprint density at radius 2 is 0.930 bits per heavy atom. The largest absolute Gasteiger partial charge is 0.353 e. The highest BCUT2D eigenvalue weighted by Crippen LogP contribution is 2.10. The van der Waals surface area contributed by atoms with Crippen LogP contribution in [0.2, 0.25) is 0 Å². The molecule has 0 radical (unpaired) electrons. The van der Waals surface area contributed by atoms with E-state index in [-0.39, 0.29) is 11.8 Å². The second kappa shape index (κ2) is 34.6. The predicted molar refractivity (Wildman–Crippen MR) is 188 cm³/mol. The quantitative estimate of drug-likeness (QED) is 0.0407. The fourth-order valence-electron chi connectivity index (χ4n) is 5.10. The Bertz CT molecular complexity index is 701. The molecule has 2 amide bonds. The van der Waals surface area contributed by atoms with Crippen molar-refractivity contribution in [2.24, 2.45) is 5.73 Å². The maximum absolute atomic E-state index is 12.2. The zero-order chi connectivity index (χ0) is 31.5. The molecule has 0 aliphatic rings. The van der Waals surface area contributed by atoms with Crippen LogP contribution in [0.4, 0.5) is 0 Å². The molecular weight excluding hydrogens is 530 g/mol. The molecule has 1 atom stereocenters. The van der Waals surface area contributed by atoms with Crippen molar-refractivity contribution in [3.05, 3.63) is 36.5 Å². The number of nitrogens with one attached hydrogen (secondary N) is 2. The van der Waals surface area contributed by atoms with E-state index >= 15 is 0 Å². The van der Waals surface area contributed by atoms with E-state index in [4.69, 9.17) is 5.73 Å². The standard InChI is InChI=1S/C38H71N3O2/c1-3-5-7-9-11-13-15-17-19-21-23-25-27-29-31-33-35-40-38(43)37(39)41-36(42)34-32-30-28-26-24-22-20-18-16-14-12-10-8-6-4-2/h11,13,17-20,37H,3-10,12,14-16,21-35,39H2,1-2H3,(H,40,43)(H,41,42). The topological polar surface area (TPSA) is 84.2 Å². The molecule has 0 heterocycles. The van der Waals surface area contributed by atoms with Crippen LogP contribution in [0.5, 0.6) is 0 Å². The number of rotatable bonds is 32. The van der Waals surface area contributed by atoms with Crippen LogP contribution in [0.25, 0.3) is 0 Å². The van der Waals surface area contributed by atoms with E-state index in [2.05, 4.69) is 60.9 Å². The van der Waals surface area contributed by atoms with Crippen molar-refractivity contribution in [3.8, 4) is 0 Å². The zero-order valence-corrected chi connectivity index (χ0v) is 28.5. The molecule has 43 heavy (non-hydrogen) atoms. The third kappa shape index (κ3) is 32.9. The zero-order valence-electron chi connectivity index (χ0n) is 28.5. The van der Waals surface area contributed by atoms with Crippen LogP contribution in [0, 0.1) is 0 Å². The molecule has 0 aliphatic carbocycles. The Morgan fingerprint density at radius 1 is 0.535 bits per heavy atom. The number of amides is 2. The molecule has 0 saturated heterocycles. The summed E-state index contributed by atoms with van der Waals surface area (Å²) < 4.78 is 0. The highest BCUT2D eigenvalue weighted by Gasteiger charge is 2.15. The predicted octanol–water partition coefficient (Wildman–Crippen LogP) is 10.4. The summed E-state index contributed by atoms with van der Waals surface area (Å²) >= 11 is 0. The van der Waals surface area contributed by atoms with Crippen LogP contribution in [0.3, 0.4) is 0 Å². The summed E-state index contributed by atoms with van der Waals surface area (Å²) in [4.78, 5) is 24.3. The third-order valence-corrected chi connectivity index (χ3v) is 7.94. The molecule has 0 rings (SSSR count). The molecular formula is C38H71N3O2. The van der Waals surface area contributed by atoms with Gasteiger partial charge in [-0.15, -0.1) is 0 Å². The SMILES string of the molecule is CCCCCC=CCC=CCCCCCCCCNC(=O)C(N)NC(=O)CCCCCCCC=CCCCCCCCC. The van der Waals surface area contributed by atoms with Gasteiger partial charge in [0.15, 0.2) is 6.17 Å². The number of carbonyl (C=O) groups excluding carboxylic acids is 2. The first-order chi connectivity index (χ1) is 21.1. The van der Waals surface area contributed by atoms with Gasteiger partial charge in [-0.3, -0.25) is 9.59 Å². The Kier molecular flexibility index (Phi) is 33.1. The normalized spacial score (nSPS) is 12.5. The molecule has 1 unspecified atom stereocenters. The van der Waals surface area contributed by atoms with Crippen molar-refractivity contribution in [2.45, 2.75) is 187 Å². The molecule has 0 aromatic carbocycles. The van der Waals surface area contributed by atoms with Gasteiger partial charge in [0.25, 0.3) is 5.91 Å². The molecule has 0 fully saturated rings. The summed E-state index contributed by atoms with van der Waals surface area (Å²) in [5, 5.41) is 5.51. The Labute approximate surface area is 267 Å². The Hall–Kier alpha value is -1.88. The van der Waals surface area contributed by atoms with Crippen LogP contribution in [-0.4, -0.2) is 24.5 Å². The second-order valence-corrected chi connectivity index (χ2v) is 12.3. The van der Waals surface area contributed by atoms with Gasteiger partial charge in [-0.25, -0.2) is 0 Å². The number of hydrogen-bond donors (Lipinski definition) is 3. The number of hydrogen-bond acceptors (Lipinski definition) is 3. The molecule has 4 N–H and O–H groups in total. The highest BCUT2D eigenvalue weighted by molar-refractivity contribution is 5.86. The van der Waals surface area contributed by atoms with Gasteiger partial charge in [0.1, 0.15) is 0 Å². The number of carbonyl (C=O) groups is 2. The molecule has 250 valence electrons. The van der Waals surface area contributed by atoms with Crippen LogP contribution >= 0.6 is 0 Å². The van der Waals surface area contributed by atoms with Crippen LogP contribution < -0.4 is 16.4 Å². The fourth-order valence-corrected chi connectivity index (χ4v) is 5.10. The van der Waals surface area contributed by atoms with Crippen molar-refractivity contribution in [1.29, 1.82) is 0 Å². The summed E-state index contributed by atoms with van der Waals surface area (Å²) in [5.74, 6) is -0.422. The van der Waals surface area contributed by atoms with Gasteiger partial charge < -0.3 is 16.4 Å². The van der Waals surface area contributed by atoms with Crippen molar-refractivity contribution in [1.82, 2.24) is 10.6 Å². The molecule has 5 nitrogen and oxygen atoms in total. The van der Waals surface area contributed by atoms with Crippen molar-refractivity contribution >= 4 is 11.8 Å². The van der Waals surface area contributed by atoms with Gasteiger partial charge in [0, 0.05) is 13.0 Å². The molecule has 0 aromatic heterocycles. The van der Waals surface area contributed by atoms with Crippen molar-refractivity contribution in [2.75, 3.05) is 6.54 Å². The fraction of sp³-hybridized carbons (Fsp3) is 0.789. The lowest BCUT2D eigenvalue weighted by atomic mass is 10.1. The smallest absolute Gasteiger partial charge is 0.257 e. The lowest BCUT2D eigenvalue weighted by molar-refractivity contribution is -0.128. The summed E-state index contributed by atoms with van der Waals surface area (Å²) in [6, 6.07) is 0. The first-order valence-corrected chi connectivity index (χ1v) is 18.4. The van der Waals surface area contributed by atoms with Gasteiger partial charge in [0.05, 0.1) is 0 Å². The third-order valence-electron chi connectivity index (χ3n) is 7.94. The molecule has 0 saturated carbocycles. The van der Waals surface area contributed by atoms with E-state index in [0.29, 0.717) is 13.0 Å².